The van der Waals surface area contributed by atoms with Crippen molar-refractivity contribution in [1.82, 2.24) is 0 Å². The molecule has 4 nitrogen and oxygen atoms in total. The van der Waals surface area contributed by atoms with Crippen molar-refractivity contribution in [3.63, 3.8) is 0 Å². The number of rotatable bonds is 4. The van der Waals surface area contributed by atoms with Crippen molar-refractivity contribution in [2.75, 3.05) is 17.7 Å². The van der Waals surface area contributed by atoms with Gasteiger partial charge < -0.3 is 15.7 Å². The van der Waals surface area contributed by atoms with Crippen molar-refractivity contribution in [2.45, 2.75) is 45.1 Å². The lowest BCUT2D eigenvalue weighted by molar-refractivity contribution is 0.0697. The van der Waals surface area contributed by atoms with Crippen LogP contribution in [0.2, 0.25) is 0 Å². The molecule has 1 fully saturated rings. The number of hydrogen-bond acceptors (Lipinski definition) is 3. The van der Waals surface area contributed by atoms with Crippen LogP contribution in [0.5, 0.6) is 0 Å². The summed E-state index contributed by atoms with van der Waals surface area (Å²) < 4.78 is 0. The predicted octanol–water partition coefficient (Wildman–Crippen LogP) is 3.37. The van der Waals surface area contributed by atoms with Gasteiger partial charge in [0.05, 0.1) is 16.9 Å². The van der Waals surface area contributed by atoms with Crippen molar-refractivity contribution in [3.8, 4) is 0 Å². The van der Waals surface area contributed by atoms with Crippen molar-refractivity contribution in [1.29, 1.82) is 0 Å². The van der Waals surface area contributed by atoms with Gasteiger partial charge in [0.15, 0.2) is 0 Å². The number of anilines is 2. The van der Waals surface area contributed by atoms with Crippen LogP contribution < -0.4 is 10.6 Å². The molecule has 1 aliphatic carbocycles. The van der Waals surface area contributed by atoms with E-state index in [2.05, 4.69) is 11.8 Å². The molecule has 3 N–H and O–H groups in total. The molecule has 0 amide bonds. The molecule has 0 bridgehead atoms. The monoisotopic (exact) mass is 276 g/mol. The van der Waals surface area contributed by atoms with Crippen molar-refractivity contribution in [2.24, 2.45) is 5.92 Å². The maximum Gasteiger partial charge on any atom is 0.337 e. The summed E-state index contributed by atoms with van der Waals surface area (Å²) in [5.41, 5.74) is 7.52. The van der Waals surface area contributed by atoms with Gasteiger partial charge in [0, 0.05) is 13.1 Å². The van der Waals surface area contributed by atoms with E-state index in [0.717, 1.165) is 18.8 Å². The largest absolute Gasteiger partial charge is 0.478 e. The van der Waals surface area contributed by atoms with Gasteiger partial charge in [-0.15, -0.1) is 0 Å². The molecule has 0 aliphatic heterocycles. The summed E-state index contributed by atoms with van der Waals surface area (Å²) in [4.78, 5) is 13.5. The van der Waals surface area contributed by atoms with Crippen molar-refractivity contribution < 1.29 is 9.90 Å². The number of nitrogen functional groups attached to an aromatic ring is 1. The standard InChI is InChI=1S/C16H24N2O2/c1-3-11-7-9-12(10-8-11)18(2)15-13(16(19)20)5-4-6-14(15)17/h4-6,11-12H,3,7-10,17H2,1-2H3,(H,19,20). The third-order valence-electron chi connectivity index (χ3n) is 4.59. The topological polar surface area (TPSA) is 66.6 Å². The molecule has 2 rings (SSSR count). The minimum atomic E-state index is -0.915. The first kappa shape index (κ1) is 14.7. The predicted molar refractivity (Wildman–Crippen MR) is 82.3 cm³/mol. The fraction of sp³-hybridized carbons (Fsp3) is 0.562. The first-order valence-corrected chi connectivity index (χ1v) is 7.39. The lowest BCUT2D eigenvalue weighted by Crippen LogP contribution is -2.36. The van der Waals surface area contributed by atoms with E-state index in [4.69, 9.17) is 5.73 Å². The average molecular weight is 276 g/mol. The quantitative estimate of drug-likeness (QED) is 0.827. The van der Waals surface area contributed by atoms with Crippen LogP contribution in [0.15, 0.2) is 18.2 Å². The van der Waals surface area contributed by atoms with Gasteiger partial charge >= 0.3 is 5.97 Å². The molecule has 0 radical (unpaired) electrons. The lowest BCUT2D eigenvalue weighted by Gasteiger charge is -2.36. The van der Waals surface area contributed by atoms with Crippen LogP contribution in [0.1, 0.15) is 49.4 Å². The Bertz CT molecular complexity index is 479. The summed E-state index contributed by atoms with van der Waals surface area (Å²) in [5.74, 6) is -0.0897. The maximum atomic E-state index is 11.4. The zero-order valence-corrected chi connectivity index (χ0v) is 12.3. The van der Waals surface area contributed by atoms with E-state index >= 15 is 0 Å². The molecular formula is C16H24N2O2. The minimum Gasteiger partial charge on any atom is -0.478 e. The van der Waals surface area contributed by atoms with Crippen LogP contribution in [-0.4, -0.2) is 24.2 Å². The normalized spacial score (nSPS) is 22.5. The molecule has 0 spiro atoms. The number of para-hydroxylation sites is 1. The number of carboxylic acid groups (broad SMARTS) is 1. The first-order chi connectivity index (χ1) is 9.54. The summed E-state index contributed by atoms with van der Waals surface area (Å²) >= 11 is 0. The molecule has 1 aromatic carbocycles. The van der Waals surface area contributed by atoms with Crippen LogP contribution >= 0.6 is 0 Å². The zero-order valence-electron chi connectivity index (χ0n) is 12.3. The van der Waals surface area contributed by atoms with E-state index in [0.29, 0.717) is 23.0 Å². The van der Waals surface area contributed by atoms with Gasteiger partial charge in [-0.3, -0.25) is 0 Å². The first-order valence-electron chi connectivity index (χ1n) is 7.39. The highest BCUT2D eigenvalue weighted by molar-refractivity contribution is 5.98. The van der Waals surface area contributed by atoms with E-state index in [1.165, 1.54) is 19.3 Å². The Morgan fingerprint density at radius 3 is 2.55 bits per heavy atom. The highest BCUT2D eigenvalue weighted by Gasteiger charge is 2.26. The summed E-state index contributed by atoms with van der Waals surface area (Å²) in [6.07, 6.45) is 5.91. The second-order valence-electron chi connectivity index (χ2n) is 5.74. The molecule has 110 valence electrons. The van der Waals surface area contributed by atoms with E-state index in [1.807, 2.05) is 7.05 Å². The fourth-order valence-electron chi connectivity index (χ4n) is 3.25. The second kappa shape index (κ2) is 6.16. The number of nitrogens with zero attached hydrogens (tertiary/aromatic N) is 1. The van der Waals surface area contributed by atoms with E-state index in [1.54, 1.807) is 18.2 Å². The summed E-state index contributed by atoms with van der Waals surface area (Å²) in [5, 5.41) is 9.34. The molecule has 20 heavy (non-hydrogen) atoms. The van der Waals surface area contributed by atoms with Crippen LogP contribution in [0.3, 0.4) is 0 Å². The summed E-state index contributed by atoms with van der Waals surface area (Å²) in [6.45, 7) is 2.24. The van der Waals surface area contributed by atoms with Crippen LogP contribution in [0, 0.1) is 5.92 Å². The Morgan fingerprint density at radius 1 is 1.35 bits per heavy atom. The second-order valence-corrected chi connectivity index (χ2v) is 5.74. The Labute approximate surface area is 120 Å². The minimum absolute atomic E-state index is 0.296. The van der Waals surface area contributed by atoms with Gasteiger partial charge in [-0.1, -0.05) is 19.4 Å². The fourth-order valence-corrected chi connectivity index (χ4v) is 3.25. The Morgan fingerprint density at radius 2 is 2.00 bits per heavy atom. The van der Waals surface area contributed by atoms with E-state index in [9.17, 15) is 9.90 Å². The van der Waals surface area contributed by atoms with Crippen LogP contribution in [-0.2, 0) is 0 Å². The zero-order chi connectivity index (χ0) is 14.7. The molecule has 4 heteroatoms. The Hall–Kier alpha value is -1.71. The van der Waals surface area contributed by atoms with Gasteiger partial charge in [-0.05, 0) is 43.7 Å². The highest BCUT2D eigenvalue weighted by atomic mass is 16.4. The third-order valence-corrected chi connectivity index (χ3v) is 4.59. The van der Waals surface area contributed by atoms with Gasteiger partial charge in [-0.2, -0.15) is 0 Å². The molecule has 0 aromatic heterocycles. The van der Waals surface area contributed by atoms with Gasteiger partial charge in [0.25, 0.3) is 0 Å². The Kier molecular flexibility index (Phi) is 4.53. The number of carboxylic acids is 1. The average Bonchev–Trinajstić information content (AvgIpc) is 2.46. The molecular weight excluding hydrogens is 252 g/mol. The third kappa shape index (κ3) is 2.89. The van der Waals surface area contributed by atoms with Crippen molar-refractivity contribution >= 4 is 17.3 Å². The number of nitrogens with two attached hydrogens (primary N) is 1. The maximum absolute atomic E-state index is 11.4. The number of hydrogen-bond donors (Lipinski definition) is 2. The van der Waals surface area contributed by atoms with Gasteiger partial charge in [-0.25, -0.2) is 4.79 Å². The highest BCUT2D eigenvalue weighted by Crippen LogP contribution is 2.35. The molecule has 1 saturated carbocycles. The smallest absolute Gasteiger partial charge is 0.337 e. The van der Waals surface area contributed by atoms with Gasteiger partial charge in [0.2, 0.25) is 0 Å². The van der Waals surface area contributed by atoms with Crippen LogP contribution in [0.25, 0.3) is 0 Å². The number of carbonyl (C=O) groups is 1. The molecule has 0 heterocycles. The van der Waals surface area contributed by atoms with Crippen molar-refractivity contribution in [3.05, 3.63) is 23.8 Å². The van der Waals surface area contributed by atoms with Gasteiger partial charge in [0.1, 0.15) is 0 Å². The molecule has 1 aliphatic rings. The number of benzene rings is 1. The Balaban J connectivity index is 2.21. The van der Waals surface area contributed by atoms with Crippen LogP contribution in [0.4, 0.5) is 11.4 Å². The molecule has 0 saturated heterocycles. The molecule has 0 unspecified atom stereocenters. The lowest BCUT2D eigenvalue weighted by atomic mass is 9.84. The SMILES string of the molecule is CCC1CCC(N(C)c2c(N)cccc2C(=O)O)CC1. The molecule has 1 aromatic rings. The molecule has 0 atom stereocenters. The van der Waals surface area contributed by atoms with E-state index < -0.39 is 5.97 Å². The summed E-state index contributed by atoms with van der Waals surface area (Å²) in [6, 6.07) is 5.49. The van der Waals surface area contributed by atoms with E-state index in [-0.39, 0.29) is 0 Å². The number of aromatic carboxylic acids is 1. The summed E-state index contributed by atoms with van der Waals surface area (Å²) in [7, 11) is 1.97.